The molecule has 41 heavy (non-hydrogen) atoms. The van der Waals surface area contributed by atoms with E-state index < -0.39 is 28.5 Å². The van der Waals surface area contributed by atoms with Gasteiger partial charge in [-0.1, -0.05) is 87.0 Å². The van der Waals surface area contributed by atoms with Crippen molar-refractivity contribution >= 4 is 27.5 Å². The summed E-state index contributed by atoms with van der Waals surface area (Å²) in [5.74, 6) is -0.654. The number of nitrogens with one attached hydrogen (secondary N) is 1. The van der Waals surface area contributed by atoms with Crippen molar-refractivity contribution in [1.82, 2.24) is 10.2 Å². The van der Waals surface area contributed by atoms with Crippen LogP contribution in [0.15, 0.2) is 83.8 Å². The topological polar surface area (TPSA) is 86.8 Å². The number of carbonyl (C=O) groups is 2. The van der Waals surface area contributed by atoms with Gasteiger partial charge in [0.05, 0.1) is 10.6 Å². The third-order valence-electron chi connectivity index (χ3n) is 7.40. The van der Waals surface area contributed by atoms with Crippen molar-refractivity contribution < 1.29 is 18.0 Å². The Kier molecular flexibility index (Phi) is 11.5. The zero-order valence-corrected chi connectivity index (χ0v) is 25.7. The van der Waals surface area contributed by atoms with Crippen LogP contribution in [0.1, 0.15) is 57.2 Å². The SMILES string of the molecule is CCc1ccccc1N(CC(=O)N(CCc1ccccc1)[C@H](CC)C(=O)N[C@@H](C)CC)S(=O)(=O)c1ccc(C)cc1. The van der Waals surface area contributed by atoms with Gasteiger partial charge in [-0.2, -0.15) is 0 Å². The maximum atomic E-state index is 14.2. The lowest BCUT2D eigenvalue weighted by Gasteiger charge is -2.34. The van der Waals surface area contributed by atoms with Crippen molar-refractivity contribution in [3.8, 4) is 0 Å². The standard InChI is InChI=1S/C33H43N3O4S/c1-6-26(5)34-33(38)30(8-3)35(23-22-27-14-10-9-11-15-27)32(37)24-36(31-17-13-12-16-28(31)7-2)41(39,40)29-20-18-25(4)19-21-29/h9-21,26,30H,6-8,22-24H2,1-5H3,(H,34,38)/t26-,30+/m0/s1. The third-order valence-corrected chi connectivity index (χ3v) is 9.17. The highest BCUT2D eigenvalue weighted by molar-refractivity contribution is 7.92. The molecule has 0 radical (unpaired) electrons. The lowest BCUT2D eigenvalue weighted by atomic mass is 10.1. The largest absolute Gasteiger partial charge is 0.352 e. The Morgan fingerprint density at radius 2 is 1.49 bits per heavy atom. The van der Waals surface area contributed by atoms with Crippen LogP contribution in [-0.2, 0) is 32.5 Å². The van der Waals surface area contributed by atoms with Gasteiger partial charge < -0.3 is 10.2 Å². The van der Waals surface area contributed by atoms with E-state index in [1.807, 2.05) is 77.1 Å². The molecule has 7 nitrogen and oxygen atoms in total. The van der Waals surface area contributed by atoms with Gasteiger partial charge in [0.1, 0.15) is 12.6 Å². The molecule has 8 heteroatoms. The number of amides is 2. The molecule has 0 aliphatic carbocycles. The number of nitrogens with zero attached hydrogens (tertiary/aromatic N) is 2. The summed E-state index contributed by atoms with van der Waals surface area (Å²) in [5.41, 5.74) is 3.24. The van der Waals surface area contributed by atoms with E-state index in [-0.39, 0.29) is 23.4 Å². The minimum atomic E-state index is -4.09. The fourth-order valence-corrected chi connectivity index (χ4v) is 6.19. The molecule has 0 heterocycles. The lowest BCUT2D eigenvalue weighted by molar-refractivity contribution is -0.139. The number of rotatable bonds is 14. The summed E-state index contributed by atoms with van der Waals surface area (Å²) in [4.78, 5) is 29.2. The van der Waals surface area contributed by atoms with Gasteiger partial charge in [0.15, 0.2) is 0 Å². The summed E-state index contributed by atoms with van der Waals surface area (Å²) >= 11 is 0. The van der Waals surface area contributed by atoms with Crippen molar-refractivity contribution in [2.45, 2.75) is 77.3 Å². The van der Waals surface area contributed by atoms with Crippen molar-refractivity contribution in [3.63, 3.8) is 0 Å². The minimum absolute atomic E-state index is 0.0440. The van der Waals surface area contributed by atoms with Crippen LogP contribution in [-0.4, -0.2) is 50.3 Å². The molecule has 0 aliphatic rings. The van der Waals surface area contributed by atoms with Gasteiger partial charge in [-0.05, 0) is 68.9 Å². The van der Waals surface area contributed by atoms with Gasteiger partial charge in [-0.3, -0.25) is 13.9 Å². The van der Waals surface area contributed by atoms with Gasteiger partial charge in [0.25, 0.3) is 10.0 Å². The molecule has 0 bridgehead atoms. The van der Waals surface area contributed by atoms with Gasteiger partial charge in [-0.25, -0.2) is 8.42 Å². The smallest absolute Gasteiger partial charge is 0.264 e. The maximum Gasteiger partial charge on any atom is 0.264 e. The Morgan fingerprint density at radius 3 is 2.10 bits per heavy atom. The molecule has 3 aromatic carbocycles. The maximum absolute atomic E-state index is 14.2. The summed E-state index contributed by atoms with van der Waals surface area (Å²) in [6, 6.07) is 22.9. The molecular weight excluding hydrogens is 534 g/mol. The van der Waals surface area contributed by atoms with E-state index >= 15 is 0 Å². The van der Waals surface area contributed by atoms with E-state index in [9.17, 15) is 18.0 Å². The number of benzene rings is 3. The molecule has 3 aromatic rings. The van der Waals surface area contributed by atoms with Gasteiger partial charge in [0.2, 0.25) is 11.8 Å². The summed E-state index contributed by atoms with van der Waals surface area (Å²) in [7, 11) is -4.09. The van der Waals surface area contributed by atoms with Gasteiger partial charge >= 0.3 is 0 Å². The quantitative estimate of drug-likeness (QED) is 0.274. The molecule has 0 aliphatic heterocycles. The van der Waals surface area contributed by atoms with Crippen molar-refractivity contribution in [2.75, 3.05) is 17.4 Å². The molecule has 0 unspecified atom stereocenters. The van der Waals surface area contributed by atoms with Crippen LogP contribution in [0.5, 0.6) is 0 Å². The number of hydrogen-bond acceptors (Lipinski definition) is 4. The Hall–Kier alpha value is -3.65. The predicted octanol–water partition coefficient (Wildman–Crippen LogP) is 5.52. The highest BCUT2D eigenvalue weighted by Gasteiger charge is 2.34. The summed E-state index contributed by atoms with van der Waals surface area (Å²) in [5, 5.41) is 3.01. The molecule has 2 amide bonds. The summed E-state index contributed by atoms with van der Waals surface area (Å²) in [6.07, 6.45) is 2.29. The van der Waals surface area contributed by atoms with Crippen molar-refractivity contribution in [2.24, 2.45) is 0 Å². The molecule has 0 fully saturated rings. The van der Waals surface area contributed by atoms with Crippen LogP contribution in [0.3, 0.4) is 0 Å². The van der Waals surface area contributed by atoms with Crippen molar-refractivity contribution in [3.05, 3.63) is 95.6 Å². The van der Waals surface area contributed by atoms with Crippen LogP contribution in [0, 0.1) is 6.92 Å². The van der Waals surface area contributed by atoms with Gasteiger partial charge in [0, 0.05) is 12.6 Å². The predicted molar refractivity (Wildman–Crippen MR) is 165 cm³/mol. The zero-order valence-electron chi connectivity index (χ0n) is 24.8. The first-order valence-corrected chi connectivity index (χ1v) is 15.9. The summed E-state index contributed by atoms with van der Waals surface area (Å²) in [6.45, 7) is 9.50. The second kappa shape index (κ2) is 14.8. The van der Waals surface area contributed by atoms with E-state index in [0.29, 0.717) is 24.9 Å². The van der Waals surface area contributed by atoms with Gasteiger partial charge in [-0.15, -0.1) is 0 Å². The fourth-order valence-electron chi connectivity index (χ4n) is 4.74. The Bertz CT molecular complexity index is 1390. The Labute approximate surface area is 245 Å². The monoisotopic (exact) mass is 577 g/mol. The fraction of sp³-hybridized carbons (Fsp3) is 0.394. The zero-order chi connectivity index (χ0) is 30.0. The Balaban J connectivity index is 2.04. The average molecular weight is 578 g/mol. The van der Waals surface area contributed by atoms with Crippen LogP contribution in [0.2, 0.25) is 0 Å². The minimum Gasteiger partial charge on any atom is -0.352 e. The number of sulfonamides is 1. The molecule has 220 valence electrons. The number of aryl methyl sites for hydroxylation is 2. The normalized spacial score (nSPS) is 12.8. The number of carbonyl (C=O) groups excluding carboxylic acids is 2. The lowest BCUT2D eigenvalue weighted by Crippen LogP contribution is -2.54. The van der Waals surface area contributed by atoms with E-state index in [1.54, 1.807) is 41.3 Å². The first-order valence-electron chi connectivity index (χ1n) is 14.4. The Morgan fingerprint density at radius 1 is 0.854 bits per heavy atom. The van der Waals surface area contributed by atoms with E-state index in [2.05, 4.69) is 5.32 Å². The second-order valence-corrected chi connectivity index (χ2v) is 12.2. The van der Waals surface area contributed by atoms with Crippen LogP contribution in [0.25, 0.3) is 0 Å². The second-order valence-electron chi connectivity index (χ2n) is 10.4. The van der Waals surface area contributed by atoms with Crippen molar-refractivity contribution in [1.29, 1.82) is 0 Å². The van der Waals surface area contributed by atoms with Crippen LogP contribution >= 0.6 is 0 Å². The molecule has 3 rings (SSSR count). The highest BCUT2D eigenvalue weighted by atomic mass is 32.2. The summed E-state index contributed by atoms with van der Waals surface area (Å²) < 4.78 is 29.4. The first kappa shape index (κ1) is 31.9. The molecule has 1 N–H and O–H groups in total. The molecule has 0 spiro atoms. The molecule has 2 atom stereocenters. The number of anilines is 1. The molecular formula is C33H43N3O4S. The molecule has 0 aromatic heterocycles. The van der Waals surface area contributed by atoms with Crippen LogP contribution < -0.4 is 9.62 Å². The third kappa shape index (κ3) is 8.19. The highest BCUT2D eigenvalue weighted by Crippen LogP contribution is 2.28. The van der Waals surface area contributed by atoms with Crippen LogP contribution in [0.4, 0.5) is 5.69 Å². The number of para-hydroxylation sites is 1. The average Bonchev–Trinajstić information content (AvgIpc) is 2.98. The van der Waals surface area contributed by atoms with E-state index in [4.69, 9.17) is 0 Å². The van der Waals surface area contributed by atoms with E-state index in [0.717, 1.165) is 23.1 Å². The molecule has 0 saturated carbocycles. The molecule has 0 saturated heterocycles. The first-order chi connectivity index (χ1) is 19.6. The van der Waals surface area contributed by atoms with E-state index in [1.165, 1.54) is 4.31 Å². The number of hydrogen-bond donors (Lipinski definition) is 1.